The van der Waals surface area contributed by atoms with Crippen molar-refractivity contribution in [3.8, 4) is 0 Å². The monoisotopic (exact) mass is 301 g/mol. The van der Waals surface area contributed by atoms with Crippen LogP contribution in [0.4, 0.5) is 0 Å². The van der Waals surface area contributed by atoms with Gasteiger partial charge in [0.25, 0.3) is 0 Å². The van der Waals surface area contributed by atoms with Gasteiger partial charge in [-0.05, 0) is 38.0 Å². The second kappa shape index (κ2) is 7.17. The number of ether oxygens (including phenoxy) is 1. The zero-order valence-corrected chi connectivity index (χ0v) is 13.3. The summed E-state index contributed by atoms with van der Waals surface area (Å²) in [6.07, 6.45) is 0.0746. The number of aliphatic hydroxyl groups excluding tert-OH is 1. The second-order valence-electron chi connectivity index (χ2n) is 4.94. The third kappa shape index (κ3) is 4.02. The molecule has 0 amide bonds. The summed E-state index contributed by atoms with van der Waals surface area (Å²) in [7, 11) is -2.03. The number of sulfonamides is 1. The Morgan fingerprint density at radius 2 is 2.00 bits per heavy atom. The number of nitrogens with zero attached hydrogens (tertiary/aromatic N) is 1. The first-order valence-corrected chi connectivity index (χ1v) is 8.02. The molecule has 0 heterocycles. The first-order chi connectivity index (χ1) is 9.30. The van der Waals surface area contributed by atoms with Gasteiger partial charge in [-0.15, -0.1) is 0 Å². The van der Waals surface area contributed by atoms with Crippen LogP contribution in [0.15, 0.2) is 23.1 Å². The highest BCUT2D eigenvalue weighted by Gasteiger charge is 2.23. The van der Waals surface area contributed by atoms with Gasteiger partial charge in [0.15, 0.2) is 0 Å². The quantitative estimate of drug-likeness (QED) is 0.829. The molecule has 1 aromatic rings. The Hall–Kier alpha value is -0.950. The number of hydrogen-bond acceptors (Lipinski definition) is 4. The predicted octanol–water partition coefficient (Wildman–Crippen LogP) is 1.53. The molecule has 1 aromatic carbocycles. The van der Waals surface area contributed by atoms with Gasteiger partial charge in [-0.25, -0.2) is 8.42 Å². The standard InChI is InChI=1S/C14H23NO4S/c1-11(2)19-9-8-15(4)20(17,18)14-7-5-6-13(10-16)12(14)3/h5-7,11,16H,8-10H2,1-4H3. The predicted molar refractivity (Wildman–Crippen MR) is 78.0 cm³/mol. The smallest absolute Gasteiger partial charge is 0.243 e. The summed E-state index contributed by atoms with van der Waals surface area (Å²) in [4.78, 5) is 0.232. The van der Waals surface area contributed by atoms with E-state index in [0.717, 1.165) is 0 Å². The van der Waals surface area contributed by atoms with E-state index in [9.17, 15) is 13.5 Å². The number of likely N-dealkylation sites (N-methyl/N-ethyl adjacent to an activating group) is 1. The van der Waals surface area contributed by atoms with Gasteiger partial charge in [0.2, 0.25) is 10.0 Å². The Morgan fingerprint density at radius 3 is 2.55 bits per heavy atom. The minimum absolute atomic E-state index is 0.0746. The molecule has 0 aromatic heterocycles. The lowest BCUT2D eigenvalue weighted by Crippen LogP contribution is -2.31. The fraction of sp³-hybridized carbons (Fsp3) is 0.571. The third-order valence-electron chi connectivity index (χ3n) is 3.11. The van der Waals surface area contributed by atoms with Crippen LogP contribution in [-0.2, 0) is 21.4 Å². The summed E-state index contributed by atoms with van der Waals surface area (Å²) >= 11 is 0. The Balaban J connectivity index is 2.93. The van der Waals surface area contributed by atoms with Crippen molar-refractivity contribution in [2.45, 2.75) is 38.4 Å². The SMILES string of the molecule is Cc1c(CO)cccc1S(=O)(=O)N(C)CCOC(C)C. The highest BCUT2D eigenvalue weighted by Crippen LogP contribution is 2.21. The molecule has 0 radical (unpaired) electrons. The Kier molecular flexibility index (Phi) is 6.13. The first kappa shape index (κ1) is 17.1. The Labute approximate surface area is 121 Å². The van der Waals surface area contributed by atoms with Crippen LogP contribution in [0.5, 0.6) is 0 Å². The molecule has 0 aliphatic heterocycles. The fourth-order valence-electron chi connectivity index (χ4n) is 1.82. The average molecular weight is 301 g/mol. The first-order valence-electron chi connectivity index (χ1n) is 6.58. The van der Waals surface area contributed by atoms with Crippen molar-refractivity contribution < 1.29 is 18.3 Å². The van der Waals surface area contributed by atoms with Crippen LogP contribution in [0.2, 0.25) is 0 Å². The zero-order chi connectivity index (χ0) is 15.3. The summed E-state index contributed by atoms with van der Waals surface area (Å²) in [6, 6.07) is 4.92. The molecular formula is C14H23NO4S. The van der Waals surface area contributed by atoms with Gasteiger partial charge in [0, 0.05) is 13.6 Å². The van der Waals surface area contributed by atoms with E-state index in [1.807, 2.05) is 13.8 Å². The number of rotatable bonds is 7. The van der Waals surface area contributed by atoms with Crippen molar-refractivity contribution in [2.24, 2.45) is 0 Å². The number of aliphatic hydroxyl groups is 1. The highest BCUT2D eigenvalue weighted by molar-refractivity contribution is 7.89. The van der Waals surface area contributed by atoms with E-state index in [4.69, 9.17) is 4.74 Å². The number of benzene rings is 1. The van der Waals surface area contributed by atoms with Crippen molar-refractivity contribution in [1.82, 2.24) is 4.31 Å². The van der Waals surface area contributed by atoms with Crippen molar-refractivity contribution in [3.63, 3.8) is 0 Å². The van der Waals surface area contributed by atoms with Crippen molar-refractivity contribution in [3.05, 3.63) is 29.3 Å². The molecule has 0 bridgehead atoms. The van der Waals surface area contributed by atoms with E-state index in [0.29, 0.717) is 24.3 Å². The van der Waals surface area contributed by atoms with Crippen molar-refractivity contribution in [2.75, 3.05) is 20.2 Å². The lowest BCUT2D eigenvalue weighted by molar-refractivity contribution is 0.0737. The molecule has 5 nitrogen and oxygen atoms in total. The van der Waals surface area contributed by atoms with Crippen LogP contribution in [0.1, 0.15) is 25.0 Å². The molecule has 0 fully saturated rings. The molecule has 1 rings (SSSR count). The lowest BCUT2D eigenvalue weighted by atomic mass is 10.1. The molecule has 0 atom stereocenters. The summed E-state index contributed by atoms with van der Waals surface area (Å²) in [5.41, 5.74) is 1.21. The van der Waals surface area contributed by atoms with Crippen LogP contribution >= 0.6 is 0 Å². The molecule has 0 aliphatic carbocycles. The fourth-order valence-corrected chi connectivity index (χ4v) is 3.23. The summed E-state index contributed by atoms with van der Waals surface area (Å²) in [5, 5.41) is 9.22. The molecule has 1 N–H and O–H groups in total. The summed E-state index contributed by atoms with van der Waals surface area (Å²) in [6.45, 7) is 5.99. The molecule has 0 spiro atoms. The molecule has 0 saturated carbocycles. The Bertz CT molecular complexity index is 540. The van der Waals surface area contributed by atoms with Gasteiger partial charge >= 0.3 is 0 Å². The zero-order valence-electron chi connectivity index (χ0n) is 12.5. The van der Waals surface area contributed by atoms with Crippen molar-refractivity contribution >= 4 is 10.0 Å². The minimum atomic E-state index is -3.56. The molecule has 0 unspecified atom stereocenters. The van der Waals surface area contributed by atoms with Crippen LogP contribution in [0.3, 0.4) is 0 Å². The maximum Gasteiger partial charge on any atom is 0.243 e. The van der Waals surface area contributed by atoms with Gasteiger partial charge in [-0.3, -0.25) is 0 Å². The topological polar surface area (TPSA) is 66.8 Å². The minimum Gasteiger partial charge on any atom is -0.392 e. The van der Waals surface area contributed by atoms with Gasteiger partial charge in [0.1, 0.15) is 0 Å². The van der Waals surface area contributed by atoms with Crippen molar-refractivity contribution in [1.29, 1.82) is 0 Å². The van der Waals surface area contributed by atoms with Gasteiger partial charge in [-0.1, -0.05) is 12.1 Å². The number of hydrogen-bond donors (Lipinski definition) is 1. The molecular weight excluding hydrogens is 278 g/mol. The summed E-state index contributed by atoms with van der Waals surface area (Å²) in [5.74, 6) is 0. The largest absolute Gasteiger partial charge is 0.392 e. The lowest BCUT2D eigenvalue weighted by Gasteiger charge is -2.20. The average Bonchev–Trinajstić information content (AvgIpc) is 2.38. The molecule has 0 aliphatic rings. The van der Waals surface area contributed by atoms with E-state index in [1.54, 1.807) is 25.1 Å². The Morgan fingerprint density at radius 1 is 1.35 bits per heavy atom. The van der Waals surface area contributed by atoms with E-state index in [2.05, 4.69) is 0 Å². The molecule has 0 saturated heterocycles. The molecule has 114 valence electrons. The van der Waals surface area contributed by atoms with E-state index >= 15 is 0 Å². The van der Waals surface area contributed by atoms with Crippen LogP contribution in [0, 0.1) is 6.92 Å². The normalized spacial score (nSPS) is 12.3. The molecule has 20 heavy (non-hydrogen) atoms. The van der Waals surface area contributed by atoms with E-state index in [1.165, 1.54) is 11.4 Å². The van der Waals surface area contributed by atoms with E-state index < -0.39 is 10.0 Å². The second-order valence-corrected chi connectivity index (χ2v) is 6.96. The molecule has 6 heteroatoms. The van der Waals surface area contributed by atoms with Gasteiger partial charge in [-0.2, -0.15) is 4.31 Å². The van der Waals surface area contributed by atoms with Crippen LogP contribution < -0.4 is 0 Å². The van der Waals surface area contributed by atoms with Gasteiger partial charge in [0.05, 0.1) is 24.2 Å². The van der Waals surface area contributed by atoms with Crippen LogP contribution in [-0.4, -0.2) is 44.1 Å². The third-order valence-corrected chi connectivity index (χ3v) is 5.11. The maximum absolute atomic E-state index is 12.5. The van der Waals surface area contributed by atoms with Gasteiger partial charge < -0.3 is 9.84 Å². The van der Waals surface area contributed by atoms with E-state index in [-0.39, 0.29) is 17.6 Å². The highest BCUT2D eigenvalue weighted by atomic mass is 32.2. The summed E-state index contributed by atoms with van der Waals surface area (Å²) < 4.78 is 31.6. The van der Waals surface area contributed by atoms with Crippen LogP contribution in [0.25, 0.3) is 0 Å². The maximum atomic E-state index is 12.5.